The zero-order valence-corrected chi connectivity index (χ0v) is 14.2. The van der Waals surface area contributed by atoms with Crippen LogP contribution in [0.2, 0.25) is 0 Å². The molecule has 0 aliphatic heterocycles. The Morgan fingerprint density at radius 3 is 2.58 bits per heavy atom. The zero-order valence-electron chi connectivity index (χ0n) is 14.2. The molecule has 0 fully saturated rings. The molecule has 0 aliphatic rings. The van der Waals surface area contributed by atoms with Gasteiger partial charge in [-0.1, -0.05) is 29.4 Å². The second kappa shape index (κ2) is 6.36. The third kappa shape index (κ3) is 3.14. The maximum atomic E-state index is 12.1. The first-order chi connectivity index (χ1) is 12.6. The molecule has 2 heterocycles. The van der Waals surface area contributed by atoms with Crippen molar-refractivity contribution in [3.8, 4) is 11.7 Å². The molecule has 0 unspecified atom stereocenters. The van der Waals surface area contributed by atoms with Crippen molar-refractivity contribution >= 4 is 28.7 Å². The van der Waals surface area contributed by atoms with Crippen molar-refractivity contribution in [2.45, 2.75) is 13.8 Å². The van der Waals surface area contributed by atoms with Crippen LogP contribution in [0, 0.1) is 13.8 Å². The van der Waals surface area contributed by atoms with Gasteiger partial charge in [0.2, 0.25) is 0 Å². The van der Waals surface area contributed by atoms with Crippen LogP contribution in [0.5, 0.6) is 0 Å². The van der Waals surface area contributed by atoms with Gasteiger partial charge in [0.05, 0.1) is 0 Å². The van der Waals surface area contributed by atoms with Gasteiger partial charge in [0, 0.05) is 11.1 Å². The number of carbonyl (C=O) groups is 1. The number of urea groups is 1. The number of nitrogens with zero attached hydrogens (tertiary/aromatic N) is 2. The maximum absolute atomic E-state index is 12.1. The number of amides is 2. The Bertz CT molecular complexity index is 1060. The van der Waals surface area contributed by atoms with Crippen molar-refractivity contribution in [3.63, 3.8) is 0 Å². The molecule has 0 radical (unpaired) electrons. The normalized spacial score (nSPS) is 10.8. The Morgan fingerprint density at radius 1 is 0.923 bits per heavy atom. The average molecular weight is 348 g/mol. The van der Waals surface area contributed by atoms with Crippen LogP contribution < -0.4 is 10.6 Å². The second-order valence-corrected chi connectivity index (χ2v) is 5.94. The predicted octanol–water partition coefficient (Wildman–Crippen LogP) is 4.74. The smallest absolute Gasteiger partial charge is 0.327 e. The molecular weight excluding hydrogens is 332 g/mol. The molecule has 0 atom stereocenters. The topological polar surface area (TPSA) is 93.2 Å². The van der Waals surface area contributed by atoms with Crippen molar-refractivity contribution in [1.82, 2.24) is 10.2 Å². The van der Waals surface area contributed by atoms with E-state index in [2.05, 4.69) is 20.8 Å². The number of aromatic nitrogens is 2. The standard InChI is InChI=1S/C19H16N4O3/c1-11-7-8-14(9-12(11)2)20-18(24)21-19-23-22-17(26-19)16-10-13-5-3-4-6-15(13)25-16/h3-10H,1-2H3,(H2,20,21,23,24). The summed E-state index contributed by atoms with van der Waals surface area (Å²) in [7, 11) is 0. The zero-order chi connectivity index (χ0) is 18.1. The Hall–Kier alpha value is -3.61. The Morgan fingerprint density at radius 2 is 1.77 bits per heavy atom. The van der Waals surface area contributed by atoms with E-state index >= 15 is 0 Å². The molecule has 7 nitrogen and oxygen atoms in total. The average Bonchev–Trinajstić information content (AvgIpc) is 3.24. The van der Waals surface area contributed by atoms with Gasteiger partial charge in [-0.05, 0) is 49.2 Å². The number of rotatable bonds is 3. The van der Waals surface area contributed by atoms with Gasteiger partial charge in [-0.15, -0.1) is 5.10 Å². The van der Waals surface area contributed by atoms with E-state index in [1.165, 1.54) is 0 Å². The van der Waals surface area contributed by atoms with E-state index in [1.807, 2.05) is 62.4 Å². The summed E-state index contributed by atoms with van der Waals surface area (Å²) in [6, 6.07) is 14.6. The Labute approximate surface area is 149 Å². The number of para-hydroxylation sites is 1. The molecule has 2 aromatic heterocycles. The maximum Gasteiger partial charge on any atom is 0.327 e. The first-order valence-corrected chi connectivity index (χ1v) is 8.06. The quantitative estimate of drug-likeness (QED) is 0.557. The van der Waals surface area contributed by atoms with E-state index in [4.69, 9.17) is 8.83 Å². The van der Waals surface area contributed by atoms with E-state index < -0.39 is 6.03 Å². The van der Waals surface area contributed by atoms with Gasteiger partial charge in [-0.25, -0.2) is 4.79 Å². The molecule has 0 bridgehead atoms. The van der Waals surface area contributed by atoms with Gasteiger partial charge < -0.3 is 14.2 Å². The highest BCUT2D eigenvalue weighted by Gasteiger charge is 2.15. The van der Waals surface area contributed by atoms with E-state index in [0.29, 0.717) is 11.4 Å². The van der Waals surface area contributed by atoms with Gasteiger partial charge in [0.15, 0.2) is 5.76 Å². The number of anilines is 2. The molecule has 2 N–H and O–H groups in total. The third-order valence-corrected chi connectivity index (χ3v) is 4.05. The molecule has 0 spiro atoms. The fourth-order valence-electron chi connectivity index (χ4n) is 2.54. The monoisotopic (exact) mass is 348 g/mol. The van der Waals surface area contributed by atoms with Crippen LogP contribution in [0.4, 0.5) is 16.5 Å². The van der Waals surface area contributed by atoms with Crippen molar-refractivity contribution in [2.75, 3.05) is 10.6 Å². The lowest BCUT2D eigenvalue weighted by Gasteiger charge is -2.07. The molecule has 0 saturated heterocycles. The minimum absolute atomic E-state index is 0.0122. The predicted molar refractivity (Wildman–Crippen MR) is 98.1 cm³/mol. The fourth-order valence-corrected chi connectivity index (χ4v) is 2.54. The van der Waals surface area contributed by atoms with Crippen LogP contribution in [0.15, 0.2) is 57.4 Å². The second-order valence-electron chi connectivity index (χ2n) is 5.94. The van der Waals surface area contributed by atoms with E-state index in [9.17, 15) is 4.79 Å². The van der Waals surface area contributed by atoms with E-state index in [1.54, 1.807) is 0 Å². The fraction of sp³-hybridized carbons (Fsp3) is 0.105. The number of hydrogen-bond donors (Lipinski definition) is 2. The summed E-state index contributed by atoms with van der Waals surface area (Å²) >= 11 is 0. The number of carbonyl (C=O) groups excluding carboxylic acids is 1. The van der Waals surface area contributed by atoms with Crippen molar-refractivity contribution in [3.05, 3.63) is 59.7 Å². The minimum Gasteiger partial charge on any atom is -0.451 e. The van der Waals surface area contributed by atoms with Crippen molar-refractivity contribution in [1.29, 1.82) is 0 Å². The number of benzene rings is 2. The Balaban J connectivity index is 1.47. The van der Waals surface area contributed by atoms with Crippen LogP contribution in [0.25, 0.3) is 22.6 Å². The third-order valence-electron chi connectivity index (χ3n) is 4.05. The number of aryl methyl sites for hydroxylation is 2. The lowest BCUT2D eigenvalue weighted by atomic mass is 10.1. The van der Waals surface area contributed by atoms with Gasteiger partial charge in [-0.3, -0.25) is 5.32 Å². The summed E-state index contributed by atoms with van der Waals surface area (Å²) < 4.78 is 11.1. The van der Waals surface area contributed by atoms with Gasteiger partial charge in [0.1, 0.15) is 5.58 Å². The van der Waals surface area contributed by atoms with Crippen molar-refractivity contribution < 1.29 is 13.6 Å². The SMILES string of the molecule is Cc1ccc(NC(=O)Nc2nnc(-c3cc4ccccc4o3)o2)cc1C. The van der Waals surface area contributed by atoms with Crippen LogP contribution in [0.3, 0.4) is 0 Å². The summed E-state index contributed by atoms with van der Waals surface area (Å²) in [5.41, 5.74) is 3.65. The molecular formula is C19H16N4O3. The molecule has 130 valence electrons. The molecule has 4 aromatic rings. The van der Waals surface area contributed by atoms with Crippen LogP contribution in [0.1, 0.15) is 11.1 Å². The van der Waals surface area contributed by atoms with Crippen molar-refractivity contribution in [2.24, 2.45) is 0 Å². The summed E-state index contributed by atoms with van der Waals surface area (Å²) in [5.74, 6) is 0.643. The first-order valence-electron chi connectivity index (χ1n) is 8.06. The highest BCUT2D eigenvalue weighted by molar-refractivity contribution is 5.98. The molecule has 0 aliphatic carbocycles. The van der Waals surface area contributed by atoms with Gasteiger partial charge >= 0.3 is 12.0 Å². The first kappa shape index (κ1) is 15.9. The summed E-state index contributed by atoms with van der Waals surface area (Å²) in [5, 5.41) is 13.9. The van der Waals surface area contributed by atoms with Crippen LogP contribution in [-0.2, 0) is 0 Å². The molecule has 4 rings (SSSR count). The molecule has 2 aromatic carbocycles. The van der Waals surface area contributed by atoms with Crippen LogP contribution >= 0.6 is 0 Å². The summed E-state index contributed by atoms with van der Waals surface area (Å²) in [4.78, 5) is 12.1. The number of hydrogen-bond acceptors (Lipinski definition) is 5. The Kier molecular flexibility index (Phi) is 3.89. The molecule has 26 heavy (non-hydrogen) atoms. The molecule has 0 saturated carbocycles. The number of furan rings is 1. The lowest BCUT2D eigenvalue weighted by Crippen LogP contribution is -2.19. The molecule has 2 amide bonds. The number of fused-ring (bicyclic) bond motifs is 1. The van der Waals surface area contributed by atoms with Gasteiger partial charge in [0.25, 0.3) is 5.89 Å². The van der Waals surface area contributed by atoms with E-state index in [-0.39, 0.29) is 11.9 Å². The largest absolute Gasteiger partial charge is 0.451 e. The molecule has 7 heteroatoms. The number of nitrogens with one attached hydrogen (secondary N) is 2. The highest BCUT2D eigenvalue weighted by Crippen LogP contribution is 2.27. The lowest BCUT2D eigenvalue weighted by molar-refractivity contribution is 0.261. The minimum atomic E-state index is -0.465. The highest BCUT2D eigenvalue weighted by atomic mass is 16.4. The van der Waals surface area contributed by atoms with E-state index in [0.717, 1.165) is 22.1 Å². The summed E-state index contributed by atoms with van der Waals surface area (Å²) in [6.45, 7) is 3.99. The van der Waals surface area contributed by atoms with Crippen LogP contribution in [-0.4, -0.2) is 16.2 Å². The van der Waals surface area contributed by atoms with Gasteiger partial charge in [-0.2, -0.15) is 0 Å². The summed E-state index contributed by atoms with van der Waals surface area (Å²) in [6.07, 6.45) is 0.